The fourth-order valence-electron chi connectivity index (χ4n) is 3.01. The molecule has 1 N–H and O–H groups in total. The van der Waals surface area contributed by atoms with Gasteiger partial charge in [0.2, 0.25) is 0 Å². The molecule has 3 rings (SSSR count). The molecule has 0 saturated carbocycles. The Morgan fingerprint density at radius 2 is 1.89 bits per heavy atom. The average molecular weight is 433 g/mol. The molecule has 0 bridgehead atoms. The molecule has 2 aromatic rings. The fourth-order valence-corrected chi connectivity index (χ4v) is 3.24. The summed E-state index contributed by atoms with van der Waals surface area (Å²) in [5.41, 5.74) is 0.976. The summed E-state index contributed by atoms with van der Waals surface area (Å²) in [5, 5.41) is 11.0. The molecule has 0 radical (unpaired) electrons. The summed E-state index contributed by atoms with van der Waals surface area (Å²) in [5.74, 6) is 1.78. The number of piperazine rings is 1. The number of ether oxygens (including phenoxy) is 1. The Kier molecular flexibility index (Phi) is 10.2. The summed E-state index contributed by atoms with van der Waals surface area (Å²) in [6.07, 6.45) is 1.30. The van der Waals surface area contributed by atoms with E-state index in [1.807, 2.05) is 43.5 Å². The van der Waals surface area contributed by atoms with E-state index in [-0.39, 0.29) is 31.4 Å². The first kappa shape index (κ1) is 23.8. The standard InChI is InChI=1S/C19H24ClN3O2.2ClH/c1-15-12-16(20)5-6-18(15)25-14-17(24)13-22-8-10-23(11-9-22)19-4-2-3-7-21-19;;/h2-7,12,17,24H,8-11,13-14H2,1H3;2*1H/p-2. The van der Waals surface area contributed by atoms with E-state index in [1.165, 1.54) is 0 Å². The van der Waals surface area contributed by atoms with Crippen LogP contribution in [0.15, 0.2) is 42.6 Å². The highest BCUT2D eigenvalue weighted by molar-refractivity contribution is 6.30. The van der Waals surface area contributed by atoms with Crippen molar-refractivity contribution in [1.29, 1.82) is 0 Å². The van der Waals surface area contributed by atoms with Crippen molar-refractivity contribution in [3.63, 3.8) is 0 Å². The van der Waals surface area contributed by atoms with Gasteiger partial charge >= 0.3 is 0 Å². The number of hydrogen-bond acceptors (Lipinski definition) is 5. The van der Waals surface area contributed by atoms with Crippen LogP contribution in [-0.2, 0) is 0 Å². The zero-order valence-electron chi connectivity index (χ0n) is 15.2. The Balaban J connectivity index is 0.00000182. The maximum absolute atomic E-state index is 10.3. The Bertz CT molecular complexity index is 683. The van der Waals surface area contributed by atoms with Crippen LogP contribution < -0.4 is 34.5 Å². The number of aromatic nitrogens is 1. The van der Waals surface area contributed by atoms with Crippen molar-refractivity contribution in [3.05, 3.63) is 53.2 Å². The Morgan fingerprint density at radius 3 is 2.52 bits per heavy atom. The van der Waals surface area contributed by atoms with Gasteiger partial charge in [-0.05, 0) is 42.8 Å². The maximum Gasteiger partial charge on any atom is 0.128 e. The van der Waals surface area contributed by atoms with Gasteiger partial charge in [-0.15, -0.1) is 0 Å². The molecule has 2 heterocycles. The topological polar surface area (TPSA) is 48.8 Å². The van der Waals surface area contributed by atoms with Crippen molar-refractivity contribution in [2.75, 3.05) is 44.2 Å². The number of benzene rings is 1. The number of hydrogen-bond donors (Lipinski definition) is 1. The molecule has 1 unspecified atom stereocenters. The number of β-amino-alcohol motifs (C(OH)–C–C–N with tert-alkyl or cyclic N) is 1. The van der Waals surface area contributed by atoms with Crippen molar-refractivity contribution < 1.29 is 34.7 Å². The molecule has 8 heteroatoms. The van der Waals surface area contributed by atoms with Gasteiger partial charge in [0, 0.05) is 43.9 Å². The lowest BCUT2D eigenvalue weighted by atomic mass is 10.2. The molecule has 1 saturated heterocycles. The van der Waals surface area contributed by atoms with Crippen molar-refractivity contribution >= 4 is 17.4 Å². The first-order valence-electron chi connectivity index (χ1n) is 8.57. The molecule has 0 amide bonds. The molecule has 5 nitrogen and oxygen atoms in total. The monoisotopic (exact) mass is 431 g/mol. The molecule has 1 aliphatic heterocycles. The summed E-state index contributed by atoms with van der Waals surface area (Å²) < 4.78 is 5.73. The van der Waals surface area contributed by atoms with Crippen LogP contribution in [0.3, 0.4) is 0 Å². The lowest BCUT2D eigenvalue weighted by Crippen LogP contribution is -3.00. The highest BCUT2D eigenvalue weighted by Crippen LogP contribution is 2.22. The molecule has 1 aromatic heterocycles. The molecular weight excluding hydrogens is 409 g/mol. The third kappa shape index (κ3) is 7.01. The van der Waals surface area contributed by atoms with Gasteiger partial charge in [-0.2, -0.15) is 0 Å². The fraction of sp³-hybridized carbons (Fsp3) is 0.421. The summed E-state index contributed by atoms with van der Waals surface area (Å²) in [6.45, 7) is 6.50. The Labute approximate surface area is 178 Å². The first-order chi connectivity index (χ1) is 12.1. The van der Waals surface area contributed by atoms with E-state index >= 15 is 0 Å². The number of halogens is 3. The third-order valence-electron chi connectivity index (χ3n) is 4.38. The van der Waals surface area contributed by atoms with Gasteiger partial charge < -0.3 is 39.6 Å². The van der Waals surface area contributed by atoms with Crippen molar-refractivity contribution in [2.24, 2.45) is 0 Å². The Morgan fingerprint density at radius 1 is 1.15 bits per heavy atom. The van der Waals surface area contributed by atoms with E-state index in [0.717, 1.165) is 43.3 Å². The minimum absolute atomic E-state index is 0. The summed E-state index contributed by atoms with van der Waals surface area (Å²) in [7, 11) is 0. The first-order valence-corrected chi connectivity index (χ1v) is 8.95. The van der Waals surface area contributed by atoms with E-state index in [0.29, 0.717) is 11.6 Å². The largest absolute Gasteiger partial charge is 1.00 e. The molecule has 150 valence electrons. The zero-order valence-corrected chi connectivity index (χ0v) is 17.5. The summed E-state index contributed by atoms with van der Waals surface area (Å²) >= 11 is 5.94. The molecule has 0 aliphatic carbocycles. The quantitative estimate of drug-likeness (QED) is 0.516. The Hall–Kier alpha value is -1.24. The molecule has 27 heavy (non-hydrogen) atoms. The van der Waals surface area contributed by atoms with Crippen LogP contribution in [0.5, 0.6) is 5.75 Å². The predicted octanol–water partition coefficient (Wildman–Crippen LogP) is -3.39. The second kappa shape index (κ2) is 11.6. The van der Waals surface area contributed by atoms with E-state index < -0.39 is 6.10 Å². The van der Waals surface area contributed by atoms with Crippen LogP contribution in [-0.4, -0.2) is 60.4 Å². The molecule has 1 aromatic carbocycles. The van der Waals surface area contributed by atoms with Crippen LogP contribution in [0.2, 0.25) is 5.02 Å². The van der Waals surface area contributed by atoms with Crippen LogP contribution in [0, 0.1) is 6.92 Å². The van der Waals surface area contributed by atoms with Gasteiger partial charge in [0.05, 0.1) is 0 Å². The second-order valence-electron chi connectivity index (χ2n) is 6.35. The molecule has 0 spiro atoms. The van der Waals surface area contributed by atoms with Gasteiger partial charge in [-0.3, -0.25) is 4.90 Å². The average Bonchev–Trinajstić information content (AvgIpc) is 2.62. The number of rotatable bonds is 6. The normalized spacial score (nSPS) is 15.4. The third-order valence-corrected chi connectivity index (χ3v) is 4.62. The van der Waals surface area contributed by atoms with E-state index in [2.05, 4.69) is 14.8 Å². The molecule has 1 aliphatic rings. The van der Waals surface area contributed by atoms with E-state index in [4.69, 9.17) is 16.3 Å². The smallest absolute Gasteiger partial charge is 0.128 e. The van der Waals surface area contributed by atoms with Crippen LogP contribution >= 0.6 is 11.6 Å². The predicted molar refractivity (Wildman–Crippen MR) is 101 cm³/mol. The van der Waals surface area contributed by atoms with Crippen molar-refractivity contribution in [1.82, 2.24) is 9.88 Å². The highest BCUT2D eigenvalue weighted by Gasteiger charge is 2.20. The van der Waals surface area contributed by atoms with Gasteiger partial charge in [0.15, 0.2) is 0 Å². The molecule has 1 fully saturated rings. The highest BCUT2D eigenvalue weighted by atomic mass is 35.5. The van der Waals surface area contributed by atoms with Gasteiger partial charge in [-0.25, -0.2) is 4.98 Å². The minimum Gasteiger partial charge on any atom is -1.00 e. The van der Waals surface area contributed by atoms with Gasteiger partial charge in [0.1, 0.15) is 24.3 Å². The van der Waals surface area contributed by atoms with Crippen molar-refractivity contribution in [2.45, 2.75) is 13.0 Å². The number of nitrogens with zero attached hydrogens (tertiary/aromatic N) is 3. The van der Waals surface area contributed by atoms with Gasteiger partial charge in [-0.1, -0.05) is 17.7 Å². The lowest BCUT2D eigenvalue weighted by Gasteiger charge is -2.36. The lowest BCUT2D eigenvalue weighted by molar-refractivity contribution is -0.001000. The van der Waals surface area contributed by atoms with E-state index in [9.17, 15) is 5.11 Å². The minimum atomic E-state index is -0.517. The number of anilines is 1. The second-order valence-corrected chi connectivity index (χ2v) is 6.79. The zero-order chi connectivity index (χ0) is 17.6. The number of aliphatic hydroxyl groups excluding tert-OH is 1. The van der Waals surface area contributed by atoms with Gasteiger partial charge in [0.25, 0.3) is 0 Å². The summed E-state index contributed by atoms with van der Waals surface area (Å²) in [4.78, 5) is 8.93. The molecule has 1 atom stereocenters. The maximum atomic E-state index is 10.3. The number of aliphatic hydroxyl groups is 1. The molecular formula is C19H24Cl3N3O2-2. The number of pyridine rings is 1. The van der Waals surface area contributed by atoms with E-state index in [1.54, 1.807) is 6.07 Å². The van der Waals surface area contributed by atoms with Crippen LogP contribution in [0.25, 0.3) is 0 Å². The summed E-state index contributed by atoms with van der Waals surface area (Å²) in [6, 6.07) is 11.5. The van der Waals surface area contributed by atoms with Crippen molar-refractivity contribution in [3.8, 4) is 5.75 Å². The SMILES string of the molecule is Cc1cc(Cl)ccc1OCC(O)CN1CCN(c2ccccn2)CC1.[Cl-].[Cl-]. The van der Waals surface area contributed by atoms with Crippen LogP contribution in [0.1, 0.15) is 5.56 Å². The van der Waals surface area contributed by atoms with Crippen LogP contribution in [0.4, 0.5) is 5.82 Å². The number of aryl methyl sites for hydroxylation is 1.